The molecule has 1 saturated carbocycles. The Kier molecular flexibility index (Phi) is 2.49. The highest BCUT2D eigenvalue weighted by molar-refractivity contribution is 9.10. The van der Waals surface area contributed by atoms with Gasteiger partial charge < -0.3 is 9.84 Å². The van der Waals surface area contributed by atoms with E-state index in [1.54, 1.807) is 6.07 Å². The highest BCUT2D eigenvalue weighted by Crippen LogP contribution is 2.41. The Bertz CT molecular complexity index is 350. The maximum atomic E-state index is 12.7. The van der Waals surface area contributed by atoms with Gasteiger partial charge in [0.1, 0.15) is 17.2 Å². The van der Waals surface area contributed by atoms with Gasteiger partial charge in [0, 0.05) is 0 Å². The van der Waals surface area contributed by atoms with E-state index in [1.807, 2.05) is 0 Å². The molecular formula is C10H10BrFO2. The molecule has 1 aromatic rings. The first kappa shape index (κ1) is 9.93. The van der Waals surface area contributed by atoms with Crippen molar-refractivity contribution >= 4 is 15.9 Å². The van der Waals surface area contributed by atoms with Crippen LogP contribution in [0, 0.1) is 5.82 Å². The summed E-state index contributed by atoms with van der Waals surface area (Å²) in [6.07, 6.45) is 1.71. The first-order chi connectivity index (χ1) is 6.65. The Morgan fingerprint density at radius 1 is 1.50 bits per heavy atom. The Morgan fingerprint density at radius 2 is 2.21 bits per heavy atom. The molecule has 0 aliphatic heterocycles. The summed E-state index contributed by atoms with van der Waals surface area (Å²) in [4.78, 5) is 0. The number of halogens is 2. The van der Waals surface area contributed by atoms with E-state index in [1.165, 1.54) is 12.1 Å². The Labute approximate surface area is 89.8 Å². The van der Waals surface area contributed by atoms with Gasteiger partial charge in [-0.2, -0.15) is 0 Å². The van der Waals surface area contributed by atoms with Crippen molar-refractivity contribution in [1.29, 1.82) is 0 Å². The van der Waals surface area contributed by atoms with Gasteiger partial charge in [-0.15, -0.1) is 0 Å². The quantitative estimate of drug-likeness (QED) is 0.905. The largest absolute Gasteiger partial charge is 0.484 e. The Morgan fingerprint density at radius 3 is 2.71 bits per heavy atom. The van der Waals surface area contributed by atoms with Gasteiger partial charge in [0.2, 0.25) is 0 Å². The summed E-state index contributed by atoms with van der Waals surface area (Å²) in [5.41, 5.74) is -0.416. The maximum Gasteiger partial charge on any atom is 0.134 e. The lowest BCUT2D eigenvalue weighted by Gasteiger charge is -2.16. The summed E-state index contributed by atoms with van der Waals surface area (Å²) in [6, 6.07) is 4.26. The minimum absolute atomic E-state index is 0.0107. The predicted octanol–water partition coefficient (Wildman–Crippen LogP) is 2.49. The number of benzene rings is 1. The summed E-state index contributed by atoms with van der Waals surface area (Å²) in [7, 11) is 0. The highest BCUT2D eigenvalue weighted by Gasteiger charge is 2.45. The summed E-state index contributed by atoms with van der Waals surface area (Å²) in [5, 5.41) is 9.05. The normalized spacial score (nSPS) is 17.9. The van der Waals surface area contributed by atoms with Crippen molar-refractivity contribution in [3.8, 4) is 5.75 Å². The Balaban J connectivity index is 2.17. The van der Waals surface area contributed by atoms with Crippen molar-refractivity contribution < 1.29 is 14.2 Å². The number of hydrogen-bond donors (Lipinski definition) is 1. The molecule has 2 rings (SSSR count). The zero-order valence-electron chi connectivity index (χ0n) is 7.46. The second kappa shape index (κ2) is 3.51. The maximum absolute atomic E-state index is 12.7. The first-order valence-electron chi connectivity index (χ1n) is 4.40. The predicted molar refractivity (Wildman–Crippen MR) is 53.8 cm³/mol. The summed E-state index contributed by atoms with van der Waals surface area (Å²) < 4.78 is 18.9. The first-order valence-corrected chi connectivity index (χ1v) is 5.19. The number of ether oxygens (including phenoxy) is 1. The molecule has 0 unspecified atom stereocenters. The van der Waals surface area contributed by atoms with E-state index in [0.29, 0.717) is 10.2 Å². The molecule has 0 bridgehead atoms. The van der Waals surface area contributed by atoms with Crippen molar-refractivity contribution in [3.63, 3.8) is 0 Å². The molecule has 0 radical (unpaired) electrons. The molecule has 0 spiro atoms. The van der Waals surface area contributed by atoms with Gasteiger partial charge in [-0.3, -0.25) is 0 Å². The number of aliphatic hydroxyl groups excluding tert-OH is 1. The van der Waals surface area contributed by atoms with Gasteiger partial charge in [-0.1, -0.05) is 0 Å². The molecule has 0 heterocycles. The van der Waals surface area contributed by atoms with Gasteiger partial charge in [0.05, 0.1) is 11.1 Å². The topological polar surface area (TPSA) is 29.5 Å². The van der Waals surface area contributed by atoms with Crippen LogP contribution in [0.3, 0.4) is 0 Å². The molecule has 0 amide bonds. The van der Waals surface area contributed by atoms with E-state index in [9.17, 15) is 4.39 Å². The van der Waals surface area contributed by atoms with Crippen molar-refractivity contribution in [2.24, 2.45) is 0 Å². The number of hydrogen-bond acceptors (Lipinski definition) is 2. The average Bonchev–Trinajstić information content (AvgIpc) is 2.91. The zero-order chi connectivity index (χ0) is 10.2. The zero-order valence-corrected chi connectivity index (χ0v) is 9.05. The van der Waals surface area contributed by atoms with Crippen LogP contribution < -0.4 is 4.74 Å². The van der Waals surface area contributed by atoms with Gasteiger partial charge in [0.15, 0.2) is 0 Å². The third-order valence-electron chi connectivity index (χ3n) is 2.32. The molecule has 4 heteroatoms. The van der Waals surface area contributed by atoms with E-state index >= 15 is 0 Å². The molecule has 0 aromatic heterocycles. The van der Waals surface area contributed by atoms with Crippen molar-refractivity contribution in [2.75, 3.05) is 6.61 Å². The monoisotopic (exact) mass is 260 g/mol. The molecule has 1 aromatic carbocycles. The van der Waals surface area contributed by atoms with Crippen molar-refractivity contribution in [1.82, 2.24) is 0 Å². The molecule has 1 fully saturated rings. The third kappa shape index (κ3) is 1.91. The molecule has 14 heavy (non-hydrogen) atoms. The van der Waals surface area contributed by atoms with Crippen LogP contribution in [0.25, 0.3) is 0 Å². The molecule has 1 aliphatic carbocycles. The van der Waals surface area contributed by atoms with Crippen LogP contribution >= 0.6 is 15.9 Å². The SMILES string of the molecule is OCC1(Oc2ccc(F)cc2Br)CC1. The van der Waals surface area contributed by atoms with E-state index in [4.69, 9.17) is 9.84 Å². The van der Waals surface area contributed by atoms with Crippen LogP contribution in [0.5, 0.6) is 5.75 Å². The van der Waals surface area contributed by atoms with Gasteiger partial charge in [0.25, 0.3) is 0 Å². The van der Waals surface area contributed by atoms with Gasteiger partial charge in [-0.05, 0) is 47.0 Å². The minimum atomic E-state index is -0.416. The fourth-order valence-corrected chi connectivity index (χ4v) is 1.65. The second-order valence-electron chi connectivity index (χ2n) is 3.52. The summed E-state index contributed by atoms with van der Waals surface area (Å²) >= 11 is 3.21. The molecule has 2 nitrogen and oxygen atoms in total. The van der Waals surface area contributed by atoms with E-state index < -0.39 is 5.60 Å². The van der Waals surface area contributed by atoms with Crippen LogP contribution in [-0.2, 0) is 0 Å². The lowest BCUT2D eigenvalue weighted by Crippen LogP contribution is -2.22. The lowest BCUT2D eigenvalue weighted by molar-refractivity contribution is 0.0945. The minimum Gasteiger partial charge on any atom is -0.484 e. The molecular weight excluding hydrogens is 251 g/mol. The van der Waals surface area contributed by atoms with Crippen LogP contribution in [0.4, 0.5) is 4.39 Å². The van der Waals surface area contributed by atoms with Gasteiger partial charge >= 0.3 is 0 Å². The van der Waals surface area contributed by atoms with E-state index in [-0.39, 0.29) is 12.4 Å². The van der Waals surface area contributed by atoms with Crippen LogP contribution in [0.15, 0.2) is 22.7 Å². The number of rotatable bonds is 3. The number of aliphatic hydroxyl groups is 1. The highest BCUT2D eigenvalue weighted by atomic mass is 79.9. The molecule has 1 aliphatic rings. The molecule has 0 saturated heterocycles. The fourth-order valence-electron chi connectivity index (χ4n) is 1.22. The summed E-state index contributed by atoms with van der Waals surface area (Å²) in [6.45, 7) is 0.0107. The standard InChI is InChI=1S/C10H10BrFO2/c11-8-5-7(12)1-2-9(8)14-10(6-13)3-4-10/h1-2,5,13H,3-4,6H2. The summed E-state index contributed by atoms with van der Waals surface area (Å²) in [5.74, 6) is 0.274. The Hall–Kier alpha value is -0.610. The average molecular weight is 261 g/mol. The van der Waals surface area contributed by atoms with Gasteiger partial charge in [-0.25, -0.2) is 4.39 Å². The van der Waals surface area contributed by atoms with Crippen molar-refractivity contribution in [2.45, 2.75) is 18.4 Å². The smallest absolute Gasteiger partial charge is 0.134 e. The fraction of sp³-hybridized carbons (Fsp3) is 0.400. The second-order valence-corrected chi connectivity index (χ2v) is 4.37. The van der Waals surface area contributed by atoms with Crippen LogP contribution in [0.1, 0.15) is 12.8 Å². The van der Waals surface area contributed by atoms with Crippen LogP contribution in [-0.4, -0.2) is 17.3 Å². The van der Waals surface area contributed by atoms with E-state index in [0.717, 1.165) is 12.8 Å². The van der Waals surface area contributed by atoms with Crippen LogP contribution in [0.2, 0.25) is 0 Å². The molecule has 76 valence electrons. The molecule has 1 N–H and O–H groups in total. The van der Waals surface area contributed by atoms with E-state index in [2.05, 4.69) is 15.9 Å². The van der Waals surface area contributed by atoms with Crippen molar-refractivity contribution in [3.05, 3.63) is 28.5 Å². The lowest BCUT2D eigenvalue weighted by atomic mass is 10.3. The third-order valence-corrected chi connectivity index (χ3v) is 2.94. The molecule has 0 atom stereocenters.